The van der Waals surface area contributed by atoms with Crippen LogP contribution >= 0.6 is 0 Å². The molecule has 2 aliphatic heterocycles. The molecule has 1 N–H and O–H groups in total. The van der Waals surface area contributed by atoms with Gasteiger partial charge in [-0.15, -0.1) is 0 Å². The van der Waals surface area contributed by atoms with Gasteiger partial charge < -0.3 is 15.0 Å². The number of hydrogen-bond donors (Lipinski definition) is 1. The molecule has 0 saturated carbocycles. The van der Waals surface area contributed by atoms with Crippen LogP contribution in [0.5, 0.6) is 0 Å². The molecule has 2 rings (SSSR count). The average molecular weight is 325 g/mol. The van der Waals surface area contributed by atoms with E-state index in [1.165, 1.54) is 0 Å². The second-order valence-corrected chi connectivity index (χ2v) is 7.30. The Morgan fingerprint density at radius 2 is 1.91 bits per heavy atom. The molecule has 0 atom stereocenters. The van der Waals surface area contributed by atoms with Crippen molar-refractivity contribution >= 4 is 11.9 Å². The molecule has 7 heteroatoms. The highest BCUT2D eigenvalue weighted by Crippen LogP contribution is 2.11. The van der Waals surface area contributed by atoms with E-state index in [-0.39, 0.29) is 6.09 Å². The van der Waals surface area contributed by atoms with Crippen LogP contribution in [0, 0.1) is 0 Å². The lowest BCUT2D eigenvalue weighted by Crippen LogP contribution is -2.50. The molecule has 0 aromatic rings. The summed E-state index contributed by atoms with van der Waals surface area (Å²) in [5.74, 6) is 0.885. The van der Waals surface area contributed by atoms with Gasteiger partial charge in [0.1, 0.15) is 11.4 Å². The van der Waals surface area contributed by atoms with E-state index < -0.39 is 5.60 Å². The van der Waals surface area contributed by atoms with Crippen LogP contribution in [0.1, 0.15) is 20.8 Å². The molecule has 7 nitrogen and oxygen atoms in total. The molecule has 0 aromatic carbocycles. The van der Waals surface area contributed by atoms with Gasteiger partial charge in [-0.2, -0.15) is 0 Å². The van der Waals surface area contributed by atoms with E-state index in [1.54, 1.807) is 4.90 Å². The molecule has 1 amide bonds. The normalized spacial score (nSPS) is 21.0. The maximum absolute atomic E-state index is 12.1. The summed E-state index contributed by atoms with van der Waals surface area (Å²) >= 11 is 0. The number of ether oxygens (including phenoxy) is 1. The van der Waals surface area contributed by atoms with Crippen molar-refractivity contribution in [1.29, 1.82) is 0 Å². The Morgan fingerprint density at radius 1 is 1.22 bits per heavy atom. The zero-order valence-electron chi connectivity index (χ0n) is 15.0. The zero-order chi connectivity index (χ0) is 16.9. The first kappa shape index (κ1) is 18.0. The van der Waals surface area contributed by atoms with Gasteiger partial charge in [-0.05, 0) is 27.8 Å². The molecular weight excluding hydrogens is 294 g/mol. The maximum Gasteiger partial charge on any atom is 0.410 e. The Morgan fingerprint density at radius 3 is 2.57 bits per heavy atom. The number of likely N-dealkylation sites (N-methyl/N-ethyl adjacent to an activating group) is 1. The molecular formula is C16H31N5O2. The Hall–Kier alpha value is -1.34. The van der Waals surface area contributed by atoms with Crippen LogP contribution in [0.2, 0.25) is 0 Å². The number of piperazine rings is 1. The SMILES string of the molecule is CN1CCN(CCNC2=NCCN(C(=O)OC(C)(C)C)C2)CC1. The van der Waals surface area contributed by atoms with Gasteiger partial charge >= 0.3 is 6.09 Å². The molecule has 0 aromatic heterocycles. The van der Waals surface area contributed by atoms with Crippen molar-refractivity contribution < 1.29 is 9.53 Å². The zero-order valence-corrected chi connectivity index (χ0v) is 15.0. The third-order valence-electron chi connectivity index (χ3n) is 4.02. The van der Waals surface area contributed by atoms with Crippen LogP contribution in [0.15, 0.2) is 4.99 Å². The monoisotopic (exact) mass is 325 g/mol. The van der Waals surface area contributed by atoms with Gasteiger partial charge in [0.25, 0.3) is 0 Å². The fourth-order valence-corrected chi connectivity index (χ4v) is 2.64. The fourth-order valence-electron chi connectivity index (χ4n) is 2.64. The first-order valence-corrected chi connectivity index (χ1v) is 8.49. The molecule has 0 unspecified atom stereocenters. The summed E-state index contributed by atoms with van der Waals surface area (Å²) in [4.78, 5) is 23.1. The largest absolute Gasteiger partial charge is 0.444 e. The van der Waals surface area contributed by atoms with Crippen LogP contribution < -0.4 is 5.32 Å². The van der Waals surface area contributed by atoms with Crippen molar-refractivity contribution in [2.75, 3.05) is 66.0 Å². The van der Waals surface area contributed by atoms with E-state index in [0.717, 1.165) is 45.1 Å². The highest BCUT2D eigenvalue weighted by molar-refractivity contribution is 5.87. The lowest BCUT2D eigenvalue weighted by Gasteiger charge is -2.33. The third-order valence-corrected chi connectivity index (χ3v) is 4.02. The van der Waals surface area contributed by atoms with Gasteiger partial charge in [-0.25, -0.2) is 4.79 Å². The highest BCUT2D eigenvalue weighted by atomic mass is 16.6. The van der Waals surface area contributed by atoms with E-state index >= 15 is 0 Å². The predicted molar refractivity (Wildman–Crippen MR) is 92.0 cm³/mol. The maximum atomic E-state index is 12.1. The van der Waals surface area contributed by atoms with Crippen molar-refractivity contribution in [3.8, 4) is 0 Å². The Bertz CT molecular complexity index is 425. The Labute approximate surface area is 139 Å². The summed E-state index contributed by atoms with van der Waals surface area (Å²) < 4.78 is 5.43. The fraction of sp³-hybridized carbons (Fsp3) is 0.875. The Balaban J connectivity index is 1.70. The molecule has 2 heterocycles. The topological polar surface area (TPSA) is 60.4 Å². The smallest absolute Gasteiger partial charge is 0.410 e. The summed E-state index contributed by atoms with van der Waals surface area (Å²) in [6.45, 7) is 13.8. The molecule has 0 spiro atoms. The van der Waals surface area contributed by atoms with Gasteiger partial charge in [-0.3, -0.25) is 14.8 Å². The number of carbonyl (C=O) groups excluding carboxylic acids is 1. The number of aliphatic imine (C=N–C) groups is 1. The minimum absolute atomic E-state index is 0.259. The molecule has 0 radical (unpaired) electrons. The van der Waals surface area contributed by atoms with Crippen LogP contribution in [-0.2, 0) is 4.74 Å². The van der Waals surface area contributed by atoms with Crippen molar-refractivity contribution in [3.05, 3.63) is 0 Å². The summed E-state index contributed by atoms with van der Waals surface area (Å²) in [5.41, 5.74) is -0.458. The number of amides is 1. The summed E-state index contributed by atoms with van der Waals surface area (Å²) in [7, 11) is 2.16. The number of rotatable bonds is 3. The average Bonchev–Trinajstić information content (AvgIpc) is 2.48. The van der Waals surface area contributed by atoms with Crippen molar-refractivity contribution in [2.24, 2.45) is 4.99 Å². The number of hydrogen-bond acceptors (Lipinski definition) is 6. The van der Waals surface area contributed by atoms with Gasteiger partial charge in [-0.1, -0.05) is 0 Å². The number of carbonyl (C=O) groups is 1. The summed E-state index contributed by atoms with van der Waals surface area (Å²) in [6.07, 6.45) is -0.259. The number of nitrogens with zero attached hydrogens (tertiary/aromatic N) is 4. The first-order chi connectivity index (χ1) is 10.8. The van der Waals surface area contributed by atoms with Crippen molar-refractivity contribution in [2.45, 2.75) is 26.4 Å². The second kappa shape index (κ2) is 7.97. The predicted octanol–water partition coefficient (Wildman–Crippen LogP) is 0.473. The molecule has 0 aliphatic carbocycles. The van der Waals surface area contributed by atoms with Crippen molar-refractivity contribution in [1.82, 2.24) is 20.0 Å². The van der Waals surface area contributed by atoms with Gasteiger partial charge in [0.05, 0.1) is 13.1 Å². The van der Waals surface area contributed by atoms with Gasteiger partial charge in [0.2, 0.25) is 0 Å². The quantitative estimate of drug-likeness (QED) is 0.817. The van der Waals surface area contributed by atoms with E-state index in [4.69, 9.17) is 4.74 Å². The number of nitrogens with one attached hydrogen (secondary N) is 1. The van der Waals surface area contributed by atoms with Crippen LogP contribution in [0.25, 0.3) is 0 Å². The minimum atomic E-state index is -0.458. The Kier molecular flexibility index (Phi) is 6.24. The third kappa shape index (κ3) is 6.35. The van der Waals surface area contributed by atoms with Gasteiger partial charge in [0.15, 0.2) is 0 Å². The highest BCUT2D eigenvalue weighted by Gasteiger charge is 2.25. The molecule has 23 heavy (non-hydrogen) atoms. The standard InChI is InChI=1S/C16H31N5O2/c1-16(2,3)23-15(22)21-8-6-18-14(13-21)17-5-7-20-11-9-19(4)10-12-20/h5-13H2,1-4H3,(H,17,18). The second-order valence-electron chi connectivity index (χ2n) is 7.30. The van der Waals surface area contributed by atoms with E-state index in [1.807, 2.05) is 20.8 Å². The lowest BCUT2D eigenvalue weighted by atomic mass is 10.2. The molecule has 1 saturated heterocycles. The molecule has 2 aliphatic rings. The van der Waals surface area contributed by atoms with Crippen LogP contribution in [0.3, 0.4) is 0 Å². The lowest BCUT2D eigenvalue weighted by molar-refractivity contribution is 0.0276. The summed E-state index contributed by atoms with van der Waals surface area (Å²) in [6, 6.07) is 0. The van der Waals surface area contributed by atoms with Crippen LogP contribution in [-0.4, -0.2) is 98.2 Å². The van der Waals surface area contributed by atoms with Crippen LogP contribution in [0.4, 0.5) is 4.79 Å². The molecule has 1 fully saturated rings. The first-order valence-electron chi connectivity index (χ1n) is 8.49. The van der Waals surface area contributed by atoms with Crippen molar-refractivity contribution in [3.63, 3.8) is 0 Å². The van der Waals surface area contributed by atoms with E-state index in [2.05, 4.69) is 27.2 Å². The summed E-state index contributed by atoms with van der Waals surface area (Å²) in [5, 5.41) is 3.37. The molecule has 132 valence electrons. The minimum Gasteiger partial charge on any atom is -0.444 e. The van der Waals surface area contributed by atoms with Gasteiger partial charge in [0, 0.05) is 45.8 Å². The van der Waals surface area contributed by atoms with E-state index in [9.17, 15) is 4.79 Å². The number of amidine groups is 1. The van der Waals surface area contributed by atoms with E-state index in [0.29, 0.717) is 19.6 Å². The molecule has 0 bridgehead atoms.